The molecule has 0 saturated carbocycles. The molecule has 8 heteroatoms. The average Bonchev–Trinajstić information content (AvgIpc) is 3.05. The monoisotopic (exact) mass is 452 g/mol. The maximum absolute atomic E-state index is 12.7. The smallest absolute Gasteiger partial charge is 0.251 e. The number of nitrogens with two attached hydrogens (primary N) is 2. The number of carbonyl (C=O) groups excluding carboxylic acids is 2. The lowest BCUT2D eigenvalue weighted by molar-refractivity contribution is 0.0991. The van der Waals surface area contributed by atoms with E-state index in [0.29, 0.717) is 26.7 Å². The number of amides is 2. The molecule has 156 valence electrons. The van der Waals surface area contributed by atoms with Gasteiger partial charge in [0, 0.05) is 40.9 Å². The summed E-state index contributed by atoms with van der Waals surface area (Å²) in [5.74, 6) is -0.910. The first kappa shape index (κ1) is 19.9. The number of primary amides is 2. The molecule has 31 heavy (non-hydrogen) atoms. The molecule has 2 heterocycles. The van der Waals surface area contributed by atoms with Crippen molar-refractivity contribution in [3.63, 3.8) is 0 Å². The molecule has 1 fully saturated rings. The van der Waals surface area contributed by atoms with Crippen LogP contribution < -0.4 is 16.8 Å². The van der Waals surface area contributed by atoms with Crippen molar-refractivity contribution in [1.29, 1.82) is 0 Å². The maximum atomic E-state index is 12.7. The molecule has 2 amide bonds. The Morgan fingerprint density at radius 2 is 1.68 bits per heavy atom. The van der Waals surface area contributed by atoms with E-state index in [1.165, 1.54) is 0 Å². The molecular formula is C23H18Cl2N4O2. The topological polar surface area (TPSA) is 114 Å². The van der Waals surface area contributed by atoms with E-state index in [4.69, 9.17) is 34.7 Å². The summed E-state index contributed by atoms with van der Waals surface area (Å²) in [5, 5.41) is 5.70. The van der Waals surface area contributed by atoms with Gasteiger partial charge in [0.15, 0.2) is 0 Å². The van der Waals surface area contributed by atoms with Gasteiger partial charge in [-0.1, -0.05) is 29.3 Å². The quantitative estimate of drug-likeness (QED) is 0.372. The van der Waals surface area contributed by atoms with Crippen LogP contribution in [0.5, 0.6) is 0 Å². The highest BCUT2D eigenvalue weighted by Crippen LogP contribution is 2.42. The van der Waals surface area contributed by atoms with E-state index < -0.39 is 11.8 Å². The lowest BCUT2D eigenvalue weighted by Gasteiger charge is -2.31. The molecule has 3 aromatic carbocycles. The number of fused-ring (bicyclic) bond motifs is 3. The summed E-state index contributed by atoms with van der Waals surface area (Å²) >= 11 is 12.4. The molecule has 1 aromatic heterocycles. The van der Waals surface area contributed by atoms with E-state index in [9.17, 15) is 9.59 Å². The Kier molecular flexibility index (Phi) is 4.66. The van der Waals surface area contributed by atoms with Crippen LogP contribution in [0.3, 0.4) is 0 Å². The summed E-state index contributed by atoms with van der Waals surface area (Å²) in [4.78, 5) is 27.7. The van der Waals surface area contributed by atoms with Crippen LogP contribution in [-0.2, 0) is 0 Å². The maximum Gasteiger partial charge on any atom is 0.251 e. The Morgan fingerprint density at radius 1 is 0.903 bits per heavy atom. The molecule has 4 aromatic rings. The van der Waals surface area contributed by atoms with Gasteiger partial charge < -0.3 is 21.8 Å². The lowest BCUT2D eigenvalue weighted by Crippen LogP contribution is -2.41. The van der Waals surface area contributed by atoms with Crippen LogP contribution in [0, 0.1) is 0 Å². The summed E-state index contributed by atoms with van der Waals surface area (Å²) < 4.78 is 0. The van der Waals surface area contributed by atoms with Crippen molar-refractivity contribution in [3.05, 3.63) is 69.2 Å². The fourth-order valence-corrected chi connectivity index (χ4v) is 4.58. The highest BCUT2D eigenvalue weighted by Gasteiger charge is 2.30. The molecule has 0 aliphatic carbocycles. The van der Waals surface area contributed by atoms with Gasteiger partial charge in [0.2, 0.25) is 5.91 Å². The number of aromatic amines is 1. The Bertz CT molecular complexity index is 1410. The third kappa shape index (κ3) is 3.15. The number of nitrogens with one attached hydrogen (secondary N) is 2. The van der Waals surface area contributed by atoms with E-state index in [0.717, 1.165) is 46.1 Å². The van der Waals surface area contributed by atoms with E-state index in [-0.39, 0.29) is 5.92 Å². The highest BCUT2D eigenvalue weighted by molar-refractivity contribution is 6.42. The standard InChI is InChI=1S/C23H18Cl2N4O2/c24-16-3-1-10(6-17(16)25)13-7-15-14-5-11(22(26)30)2-4-18(14)29-21(15)20(23(27)31)19(13)12-8-28-9-12/h1-7,12,28-29H,8-9H2,(H2,26,30)(H2,27,31). The van der Waals surface area contributed by atoms with Gasteiger partial charge in [0.05, 0.1) is 21.1 Å². The first-order valence-electron chi connectivity index (χ1n) is 9.73. The summed E-state index contributed by atoms with van der Waals surface area (Å²) in [6, 6.07) is 12.6. The van der Waals surface area contributed by atoms with Gasteiger partial charge in [0.1, 0.15) is 0 Å². The molecule has 6 nitrogen and oxygen atoms in total. The predicted octanol–water partition coefficient (Wildman–Crippen LogP) is 4.18. The SMILES string of the molecule is NC(=O)c1ccc2[nH]c3c(C(N)=O)c(C4CNC4)c(-c4ccc(Cl)c(Cl)c4)cc3c2c1. The van der Waals surface area contributed by atoms with Gasteiger partial charge in [-0.3, -0.25) is 9.59 Å². The van der Waals surface area contributed by atoms with Crippen LogP contribution in [0.4, 0.5) is 0 Å². The number of carbonyl (C=O) groups is 2. The average molecular weight is 453 g/mol. The van der Waals surface area contributed by atoms with Crippen LogP contribution >= 0.6 is 23.2 Å². The molecule has 1 aliphatic heterocycles. The van der Waals surface area contributed by atoms with Crippen molar-refractivity contribution < 1.29 is 9.59 Å². The highest BCUT2D eigenvalue weighted by atomic mass is 35.5. The molecule has 0 radical (unpaired) electrons. The number of rotatable bonds is 4. The summed E-state index contributed by atoms with van der Waals surface area (Å²) in [5.41, 5.74) is 16.2. The Morgan fingerprint density at radius 3 is 2.29 bits per heavy atom. The molecule has 1 saturated heterocycles. The molecule has 0 atom stereocenters. The first-order valence-corrected chi connectivity index (χ1v) is 10.5. The molecule has 0 unspecified atom stereocenters. The van der Waals surface area contributed by atoms with Gasteiger partial charge >= 0.3 is 0 Å². The van der Waals surface area contributed by atoms with E-state index in [2.05, 4.69) is 10.3 Å². The number of aromatic nitrogens is 1. The minimum Gasteiger partial charge on any atom is -0.366 e. The van der Waals surface area contributed by atoms with Crippen molar-refractivity contribution in [3.8, 4) is 11.1 Å². The van der Waals surface area contributed by atoms with Gasteiger partial charge in [0.25, 0.3) is 5.91 Å². The van der Waals surface area contributed by atoms with E-state index in [1.54, 1.807) is 30.3 Å². The molecule has 1 aliphatic rings. The zero-order valence-electron chi connectivity index (χ0n) is 16.3. The number of benzene rings is 3. The van der Waals surface area contributed by atoms with Gasteiger partial charge in [-0.05, 0) is 53.1 Å². The van der Waals surface area contributed by atoms with Crippen LogP contribution in [-0.4, -0.2) is 29.9 Å². The zero-order valence-corrected chi connectivity index (χ0v) is 17.8. The number of hydrogen-bond acceptors (Lipinski definition) is 3. The first-order chi connectivity index (χ1) is 14.8. The predicted molar refractivity (Wildman–Crippen MR) is 124 cm³/mol. The fraction of sp³-hybridized carbons (Fsp3) is 0.130. The number of hydrogen-bond donors (Lipinski definition) is 4. The molecule has 0 spiro atoms. The normalized spacial score (nSPS) is 14.1. The number of halogens is 2. The Hall–Kier alpha value is -3.06. The minimum atomic E-state index is -0.520. The van der Waals surface area contributed by atoms with Crippen molar-refractivity contribution in [2.45, 2.75) is 5.92 Å². The van der Waals surface area contributed by atoms with Crippen molar-refractivity contribution in [2.75, 3.05) is 13.1 Å². The summed E-state index contributed by atoms with van der Waals surface area (Å²) in [6.07, 6.45) is 0. The summed E-state index contributed by atoms with van der Waals surface area (Å²) in [7, 11) is 0. The van der Waals surface area contributed by atoms with E-state index >= 15 is 0 Å². The Labute approximate surface area is 187 Å². The van der Waals surface area contributed by atoms with Crippen LogP contribution in [0.15, 0.2) is 42.5 Å². The second kappa shape index (κ2) is 7.27. The largest absolute Gasteiger partial charge is 0.366 e. The fourth-order valence-electron chi connectivity index (χ4n) is 4.28. The lowest BCUT2D eigenvalue weighted by atomic mass is 9.82. The van der Waals surface area contributed by atoms with Crippen LogP contribution in [0.1, 0.15) is 32.2 Å². The zero-order chi connectivity index (χ0) is 21.9. The summed E-state index contributed by atoms with van der Waals surface area (Å²) in [6.45, 7) is 1.48. The van der Waals surface area contributed by atoms with Crippen LogP contribution in [0.25, 0.3) is 32.9 Å². The third-order valence-electron chi connectivity index (χ3n) is 5.89. The van der Waals surface area contributed by atoms with Crippen molar-refractivity contribution >= 4 is 56.8 Å². The molecule has 6 N–H and O–H groups in total. The number of H-pyrrole nitrogens is 1. The third-order valence-corrected chi connectivity index (χ3v) is 6.63. The molecule has 5 rings (SSSR count). The van der Waals surface area contributed by atoms with Gasteiger partial charge in [-0.25, -0.2) is 0 Å². The Balaban J connectivity index is 1.92. The minimum absolute atomic E-state index is 0.129. The molecular weight excluding hydrogens is 435 g/mol. The van der Waals surface area contributed by atoms with E-state index in [1.807, 2.05) is 12.1 Å². The van der Waals surface area contributed by atoms with Crippen molar-refractivity contribution in [1.82, 2.24) is 10.3 Å². The second-order valence-electron chi connectivity index (χ2n) is 7.73. The molecule has 0 bridgehead atoms. The van der Waals surface area contributed by atoms with Crippen molar-refractivity contribution in [2.24, 2.45) is 11.5 Å². The van der Waals surface area contributed by atoms with Gasteiger partial charge in [-0.15, -0.1) is 0 Å². The second-order valence-corrected chi connectivity index (χ2v) is 8.55. The van der Waals surface area contributed by atoms with Gasteiger partial charge in [-0.2, -0.15) is 0 Å². The van der Waals surface area contributed by atoms with Crippen LogP contribution in [0.2, 0.25) is 10.0 Å².